The number of H-pyrrole nitrogens is 1. The molecule has 1 aliphatic rings. The van der Waals surface area contributed by atoms with Gasteiger partial charge < -0.3 is 29.5 Å². The third-order valence-corrected chi connectivity index (χ3v) is 5.96. The first-order valence-corrected chi connectivity index (χ1v) is 11.8. The van der Waals surface area contributed by atoms with E-state index in [0.29, 0.717) is 41.0 Å². The molecule has 12 heteroatoms. The number of aromatic amines is 1. The van der Waals surface area contributed by atoms with E-state index in [1.54, 1.807) is 43.6 Å². The van der Waals surface area contributed by atoms with Gasteiger partial charge in [-0.25, -0.2) is 19.3 Å². The Bertz CT molecular complexity index is 1440. The summed E-state index contributed by atoms with van der Waals surface area (Å²) in [7, 11) is 0. The smallest absolute Gasteiger partial charge is 0.231 e. The fraction of sp³-hybridized carbons (Fsp3) is 0.269. The summed E-state index contributed by atoms with van der Waals surface area (Å²) >= 11 is 0. The number of ether oxygens (including phenoxy) is 2. The molecule has 4 aromatic rings. The highest BCUT2D eigenvalue weighted by molar-refractivity contribution is 5.83. The van der Waals surface area contributed by atoms with E-state index in [2.05, 4.69) is 25.6 Å². The molecule has 1 amide bonds. The molecule has 0 radical (unpaired) electrons. The van der Waals surface area contributed by atoms with Crippen molar-refractivity contribution in [2.45, 2.75) is 19.8 Å². The van der Waals surface area contributed by atoms with E-state index in [1.165, 1.54) is 12.1 Å². The molecule has 1 aromatic carbocycles. The minimum absolute atomic E-state index is 0.0607. The quantitative estimate of drug-likeness (QED) is 0.298. The maximum absolute atomic E-state index is 13.6. The first-order chi connectivity index (χ1) is 18.4. The highest BCUT2D eigenvalue weighted by Gasteiger charge is 2.40. The molecule has 0 atom stereocenters. The normalized spacial score (nSPS) is 19.0. The van der Waals surface area contributed by atoms with Gasteiger partial charge in [0.05, 0.1) is 54.6 Å². The van der Waals surface area contributed by atoms with Crippen molar-refractivity contribution < 1.29 is 23.1 Å². The molecule has 1 fully saturated rings. The lowest BCUT2D eigenvalue weighted by Crippen LogP contribution is -2.48. The molecule has 11 nitrogen and oxygen atoms in total. The monoisotopic (exact) mass is 517 g/mol. The van der Waals surface area contributed by atoms with Crippen molar-refractivity contribution in [3.05, 3.63) is 72.3 Å². The van der Waals surface area contributed by atoms with Gasteiger partial charge in [0, 0.05) is 11.8 Å². The molecule has 1 saturated heterocycles. The molecule has 0 unspecified atom stereocenters. The Balaban J connectivity index is 1.41. The van der Waals surface area contributed by atoms with Crippen molar-refractivity contribution in [1.82, 2.24) is 25.3 Å². The molecule has 38 heavy (non-hydrogen) atoms. The zero-order chi connectivity index (χ0) is 26.5. The number of halogens is 1. The van der Waals surface area contributed by atoms with E-state index in [-0.39, 0.29) is 31.5 Å². The van der Waals surface area contributed by atoms with Crippen LogP contribution in [0.5, 0.6) is 0 Å². The van der Waals surface area contributed by atoms with Gasteiger partial charge >= 0.3 is 0 Å². The number of nitrogens with zero attached hydrogens (tertiary/aromatic N) is 4. The Morgan fingerprint density at radius 2 is 2.00 bits per heavy atom. The van der Waals surface area contributed by atoms with Crippen LogP contribution in [0.25, 0.3) is 22.6 Å². The Hall–Kier alpha value is -4.60. The summed E-state index contributed by atoms with van der Waals surface area (Å²) < 4.78 is 30.7. The van der Waals surface area contributed by atoms with E-state index in [1.807, 2.05) is 12.1 Å². The van der Waals surface area contributed by atoms with Crippen molar-refractivity contribution in [1.29, 1.82) is 5.26 Å². The summed E-state index contributed by atoms with van der Waals surface area (Å²) in [5.41, 5.74) is 1.31. The van der Waals surface area contributed by atoms with Crippen LogP contribution >= 0.6 is 0 Å². The standard InChI is InChI=1S/C26H24FN7O4/c1-26(24(35)29-11-9-28)14-37-23(38-15-26)22-33-20(16-4-6-17(27)7-5-16)21(34-22)19-8-10-30-25(32-19)31-13-18-3-2-12-36-18/h2-8,10,12,23H,11,13-15H2,1H3,(H,29,35)(H,33,34)(H,30,31,32). The number of rotatable bonds is 8. The predicted octanol–water partition coefficient (Wildman–Crippen LogP) is 3.57. The average Bonchev–Trinajstić information content (AvgIpc) is 3.62. The third kappa shape index (κ3) is 5.39. The van der Waals surface area contributed by atoms with Crippen LogP contribution in [-0.4, -0.2) is 45.6 Å². The van der Waals surface area contributed by atoms with Crippen LogP contribution in [0.15, 0.2) is 59.3 Å². The number of amides is 1. The number of anilines is 1. The lowest BCUT2D eigenvalue weighted by Gasteiger charge is -2.35. The van der Waals surface area contributed by atoms with Gasteiger partial charge in [-0.2, -0.15) is 5.26 Å². The van der Waals surface area contributed by atoms with E-state index in [4.69, 9.17) is 24.1 Å². The fourth-order valence-electron chi connectivity index (χ4n) is 3.90. The average molecular weight is 518 g/mol. The van der Waals surface area contributed by atoms with Crippen LogP contribution in [-0.2, 0) is 20.8 Å². The van der Waals surface area contributed by atoms with Crippen LogP contribution < -0.4 is 10.6 Å². The molecule has 0 saturated carbocycles. The topological polar surface area (TPSA) is 151 Å². The molecule has 3 N–H and O–H groups in total. The molecule has 5 rings (SSSR count). The lowest BCUT2D eigenvalue weighted by molar-refractivity contribution is -0.230. The maximum atomic E-state index is 13.6. The van der Waals surface area contributed by atoms with Crippen molar-refractivity contribution in [3.8, 4) is 28.7 Å². The van der Waals surface area contributed by atoms with Crippen molar-refractivity contribution in [3.63, 3.8) is 0 Å². The number of imidazole rings is 1. The Kier molecular flexibility index (Phi) is 7.12. The van der Waals surface area contributed by atoms with E-state index in [9.17, 15) is 9.18 Å². The molecule has 4 heterocycles. The highest BCUT2D eigenvalue weighted by Crippen LogP contribution is 2.35. The van der Waals surface area contributed by atoms with Crippen LogP contribution in [0.2, 0.25) is 0 Å². The second kappa shape index (κ2) is 10.8. The first kappa shape index (κ1) is 25.1. The Morgan fingerprint density at radius 1 is 1.21 bits per heavy atom. The van der Waals surface area contributed by atoms with Gasteiger partial charge in [0.25, 0.3) is 0 Å². The molecule has 0 spiro atoms. The summed E-state index contributed by atoms with van der Waals surface area (Å²) in [6, 6.07) is 13.2. The number of carbonyl (C=O) groups is 1. The number of hydrogen-bond donors (Lipinski definition) is 3. The van der Waals surface area contributed by atoms with Gasteiger partial charge in [0.2, 0.25) is 18.1 Å². The minimum Gasteiger partial charge on any atom is -0.467 e. The molecule has 194 valence electrons. The van der Waals surface area contributed by atoms with Crippen LogP contribution in [0.3, 0.4) is 0 Å². The maximum Gasteiger partial charge on any atom is 0.231 e. The summed E-state index contributed by atoms with van der Waals surface area (Å²) in [5, 5.41) is 14.4. The zero-order valence-electron chi connectivity index (χ0n) is 20.4. The number of aromatic nitrogens is 4. The Labute approximate surface area is 217 Å². The van der Waals surface area contributed by atoms with Gasteiger partial charge in [-0.15, -0.1) is 0 Å². The number of nitrogens with one attached hydrogen (secondary N) is 3. The number of furan rings is 1. The Morgan fingerprint density at radius 3 is 2.71 bits per heavy atom. The largest absolute Gasteiger partial charge is 0.467 e. The highest BCUT2D eigenvalue weighted by atomic mass is 19.1. The van der Waals surface area contributed by atoms with Gasteiger partial charge in [-0.1, -0.05) is 0 Å². The summed E-state index contributed by atoms with van der Waals surface area (Å²) in [4.78, 5) is 29.3. The number of benzene rings is 1. The van der Waals surface area contributed by atoms with Crippen molar-refractivity contribution in [2.24, 2.45) is 5.41 Å². The summed E-state index contributed by atoms with van der Waals surface area (Å²) in [6.07, 6.45) is 2.32. The second-order valence-electron chi connectivity index (χ2n) is 8.91. The SMILES string of the molecule is CC1(C(=O)NCC#N)COC(c2nc(-c3ccc(F)cc3)c(-c3ccnc(NCc4ccco4)n3)[nH]2)OC1. The van der Waals surface area contributed by atoms with Gasteiger partial charge in [0.15, 0.2) is 5.82 Å². The molecule has 0 bridgehead atoms. The summed E-state index contributed by atoms with van der Waals surface area (Å²) in [5.74, 6) is 0.771. The van der Waals surface area contributed by atoms with Crippen LogP contribution in [0, 0.1) is 22.6 Å². The lowest BCUT2D eigenvalue weighted by atomic mass is 9.91. The molecule has 3 aromatic heterocycles. The third-order valence-electron chi connectivity index (χ3n) is 5.96. The van der Waals surface area contributed by atoms with E-state index >= 15 is 0 Å². The van der Waals surface area contributed by atoms with Gasteiger partial charge in [0.1, 0.15) is 18.1 Å². The molecule has 1 aliphatic heterocycles. The number of carbonyl (C=O) groups excluding carboxylic acids is 1. The van der Waals surface area contributed by atoms with Gasteiger partial charge in [-0.3, -0.25) is 4.79 Å². The minimum atomic E-state index is -0.955. The second-order valence-corrected chi connectivity index (χ2v) is 8.91. The van der Waals surface area contributed by atoms with Crippen molar-refractivity contribution >= 4 is 11.9 Å². The molecule has 0 aliphatic carbocycles. The first-order valence-electron chi connectivity index (χ1n) is 11.8. The van der Waals surface area contributed by atoms with Gasteiger partial charge in [-0.05, 0) is 49.4 Å². The zero-order valence-corrected chi connectivity index (χ0v) is 20.4. The predicted molar refractivity (Wildman–Crippen MR) is 132 cm³/mol. The van der Waals surface area contributed by atoms with E-state index < -0.39 is 11.7 Å². The van der Waals surface area contributed by atoms with Crippen LogP contribution in [0.4, 0.5) is 10.3 Å². The van der Waals surface area contributed by atoms with Crippen molar-refractivity contribution in [2.75, 3.05) is 25.1 Å². The number of hydrogen-bond acceptors (Lipinski definition) is 9. The van der Waals surface area contributed by atoms with E-state index in [0.717, 1.165) is 5.76 Å². The molecular weight excluding hydrogens is 493 g/mol. The summed E-state index contributed by atoms with van der Waals surface area (Å²) in [6.45, 7) is 2.12. The fourth-order valence-corrected chi connectivity index (χ4v) is 3.90. The van der Waals surface area contributed by atoms with Crippen LogP contribution in [0.1, 0.15) is 24.8 Å². The molecular formula is C26H24FN7O4. The number of nitriles is 1.